The van der Waals surface area contributed by atoms with Crippen molar-refractivity contribution >= 4 is 17.4 Å². The summed E-state index contributed by atoms with van der Waals surface area (Å²) in [6.45, 7) is 3.56. The van der Waals surface area contributed by atoms with E-state index in [9.17, 15) is 14.9 Å². The average molecular weight is 365 g/mol. The SMILES string of the molecule is CC(C)[C@H](NC(=O)c1ccco1)C(=O)OCc1cn2ccccc2c1C#N. The van der Waals surface area contributed by atoms with E-state index in [0.29, 0.717) is 11.1 Å². The molecule has 0 bridgehead atoms. The molecule has 0 unspecified atom stereocenters. The number of fused-ring (bicyclic) bond motifs is 1. The molecule has 1 atom stereocenters. The fourth-order valence-electron chi connectivity index (χ4n) is 2.77. The van der Waals surface area contributed by atoms with E-state index in [1.54, 1.807) is 16.7 Å². The highest BCUT2D eigenvalue weighted by Crippen LogP contribution is 2.19. The zero-order valence-electron chi connectivity index (χ0n) is 15.0. The number of carbonyl (C=O) groups excluding carboxylic acids is 2. The molecule has 3 aromatic heterocycles. The van der Waals surface area contributed by atoms with Gasteiger partial charge in [0.25, 0.3) is 5.91 Å². The summed E-state index contributed by atoms with van der Waals surface area (Å²) >= 11 is 0. The summed E-state index contributed by atoms with van der Waals surface area (Å²) in [7, 11) is 0. The molecule has 27 heavy (non-hydrogen) atoms. The van der Waals surface area contributed by atoms with Crippen molar-refractivity contribution < 1.29 is 18.7 Å². The highest BCUT2D eigenvalue weighted by atomic mass is 16.5. The molecule has 0 aromatic carbocycles. The average Bonchev–Trinajstić information content (AvgIpc) is 3.31. The third-order valence-corrected chi connectivity index (χ3v) is 4.20. The van der Waals surface area contributed by atoms with E-state index < -0.39 is 17.9 Å². The van der Waals surface area contributed by atoms with E-state index in [2.05, 4.69) is 11.4 Å². The fraction of sp³-hybridized carbons (Fsp3) is 0.250. The number of pyridine rings is 1. The number of hydrogen-bond donors (Lipinski definition) is 1. The van der Waals surface area contributed by atoms with Crippen LogP contribution in [0.2, 0.25) is 0 Å². The number of amides is 1. The number of carbonyl (C=O) groups is 2. The van der Waals surface area contributed by atoms with Crippen molar-refractivity contribution in [2.45, 2.75) is 26.5 Å². The van der Waals surface area contributed by atoms with Gasteiger partial charge in [0.05, 0.1) is 17.3 Å². The monoisotopic (exact) mass is 365 g/mol. The van der Waals surface area contributed by atoms with Crippen molar-refractivity contribution in [1.29, 1.82) is 5.26 Å². The molecule has 3 rings (SSSR count). The first-order valence-corrected chi connectivity index (χ1v) is 8.51. The van der Waals surface area contributed by atoms with Crippen LogP contribution < -0.4 is 5.32 Å². The van der Waals surface area contributed by atoms with Gasteiger partial charge in [0.2, 0.25) is 0 Å². The molecule has 0 aliphatic carbocycles. The number of nitrogens with one attached hydrogen (secondary N) is 1. The summed E-state index contributed by atoms with van der Waals surface area (Å²) in [5, 5.41) is 12.1. The number of aromatic nitrogens is 1. The summed E-state index contributed by atoms with van der Waals surface area (Å²) in [6, 6.07) is 9.95. The molecule has 0 aliphatic heterocycles. The number of rotatable bonds is 6. The van der Waals surface area contributed by atoms with Gasteiger partial charge in [-0.2, -0.15) is 5.26 Å². The highest BCUT2D eigenvalue weighted by molar-refractivity contribution is 5.94. The molecule has 3 aromatic rings. The molecular formula is C20H19N3O4. The smallest absolute Gasteiger partial charge is 0.329 e. The van der Waals surface area contributed by atoms with Gasteiger partial charge in [-0.1, -0.05) is 19.9 Å². The van der Waals surface area contributed by atoms with Crippen LogP contribution >= 0.6 is 0 Å². The molecule has 0 fully saturated rings. The number of esters is 1. The van der Waals surface area contributed by atoms with Crippen molar-refractivity contribution in [2.75, 3.05) is 0 Å². The van der Waals surface area contributed by atoms with Gasteiger partial charge in [-0.3, -0.25) is 4.79 Å². The lowest BCUT2D eigenvalue weighted by Gasteiger charge is -2.20. The third kappa shape index (κ3) is 3.85. The predicted octanol–water partition coefficient (Wildman–Crippen LogP) is 2.90. The molecule has 7 heteroatoms. The second-order valence-corrected chi connectivity index (χ2v) is 6.41. The Bertz CT molecular complexity index is 996. The maximum Gasteiger partial charge on any atom is 0.329 e. The Morgan fingerprint density at radius 1 is 1.30 bits per heavy atom. The minimum absolute atomic E-state index is 0.0523. The lowest BCUT2D eigenvalue weighted by Crippen LogP contribution is -2.45. The predicted molar refractivity (Wildman–Crippen MR) is 96.7 cm³/mol. The molecule has 0 aliphatic rings. The largest absolute Gasteiger partial charge is 0.459 e. The maximum atomic E-state index is 12.5. The van der Waals surface area contributed by atoms with Crippen LogP contribution in [-0.4, -0.2) is 22.3 Å². The van der Waals surface area contributed by atoms with Gasteiger partial charge in [0.15, 0.2) is 5.76 Å². The Kier molecular flexibility index (Phi) is 5.27. The Morgan fingerprint density at radius 2 is 2.11 bits per heavy atom. The molecule has 3 heterocycles. The number of nitrogens with zero attached hydrogens (tertiary/aromatic N) is 2. The first-order valence-electron chi connectivity index (χ1n) is 8.51. The van der Waals surface area contributed by atoms with Crippen LogP contribution in [0.25, 0.3) is 5.52 Å². The maximum absolute atomic E-state index is 12.5. The van der Waals surface area contributed by atoms with Crippen LogP contribution in [0.1, 0.15) is 35.5 Å². The lowest BCUT2D eigenvalue weighted by atomic mass is 10.0. The molecule has 0 saturated carbocycles. The Morgan fingerprint density at radius 3 is 2.78 bits per heavy atom. The van der Waals surface area contributed by atoms with Crippen LogP contribution in [-0.2, 0) is 16.1 Å². The van der Waals surface area contributed by atoms with Crippen LogP contribution in [0.5, 0.6) is 0 Å². The first kappa shape index (κ1) is 18.3. The molecule has 0 radical (unpaired) electrons. The summed E-state index contributed by atoms with van der Waals surface area (Å²) in [4.78, 5) is 24.7. The number of hydrogen-bond acceptors (Lipinski definition) is 5. The van der Waals surface area contributed by atoms with E-state index in [-0.39, 0.29) is 18.3 Å². The molecular weight excluding hydrogens is 346 g/mol. The summed E-state index contributed by atoms with van der Waals surface area (Å²) in [5.41, 5.74) is 1.82. The van der Waals surface area contributed by atoms with E-state index in [0.717, 1.165) is 5.52 Å². The first-order chi connectivity index (χ1) is 13.0. The molecule has 0 saturated heterocycles. The van der Waals surface area contributed by atoms with Crippen LogP contribution in [0, 0.1) is 17.2 Å². The summed E-state index contributed by atoms with van der Waals surface area (Å²) < 4.78 is 12.2. The van der Waals surface area contributed by atoms with Gasteiger partial charge >= 0.3 is 5.97 Å². The minimum Gasteiger partial charge on any atom is -0.459 e. The van der Waals surface area contributed by atoms with E-state index in [1.165, 1.54) is 12.3 Å². The Labute approximate surface area is 156 Å². The second-order valence-electron chi connectivity index (χ2n) is 6.41. The van der Waals surface area contributed by atoms with Crippen LogP contribution in [0.4, 0.5) is 0 Å². The van der Waals surface area contributed by atoms with Crippen molar-refractivity contribution in [3.05, 3.63) is 65.9 Å². The number of furan rings is 1. The van der Waals surface area contributed by atoms with E-state index >= 15 is 0 Å². The van der Waals surface area contributed by atoms with Crippen molar-refractivity contribution in [2.24, 2.45) is 5.92 Å². The van der Waals surface area contributed by atoms with Crippen LogP contribution in [0.15, 0.2) is 53.4 Å². The topological polar surface area (TPSA) is 96.7 Å². The summed E-state index contributed by atoms with van der Waals surface area (Å²) in [6.07, 6.45) is 4.97. The van der Waals surface area contributed by atoms with Crippen molar-refractivity contribution in [3.63, 3.8) is 0 Å². The van der Waals surface area contributed by atoms with Crippen LogP contribution in [0.3, 0.4) is 0 Å². The second kappa shape index (κ2) is 7.79. The van der Waals surface area contributed by atoms with Crippen molar-refractivity contribution in [3.8, 4) is 6.07 Å². The summed E-state index contributed by atoms with van der Waals surface area (Å²) in [5.74, 6) is -1.11. The van der Waals surface area contributed by atoms with Gasteiger partial charge in [0, 0.05) is 18.0 Å². The van der Waals surface area contributed by atoms with Gasteiger partial charge in [-0.15, -0.1) is 0 Å². The Hall–Kier alpha value is -3.53. The highest BCUT2D eigenvalue weighted by Gasteiger charge is 2.27. The molecule has 7 nitrogen and oxygen atoms in total. The molecule has 138 valence electrons. The third-order valence-electron chi connectivity index (χ3n) is 4.20. The van der Waals surface area contributed by atoms with E-state index in [4.69, 9.17) is 9.15 Å². The minimum atomic E-state index is -0.829. The van der Waals surface area contributed by atoms with Gasteiger partial charge in [-0.05, 0) is 30.2 Å². The fourth-order valence-corrected chi connectivity index (χ4v) is 2.77. The normalized spacial score (nSPS) is 11.9. The molecule has 0 spiro atoms. The van der Waals surface area contributed by atoms with Gasteiger partial charge < -0.3 is 18.9 Å². The lowest BCUT2D eigenvalue weighted by molar-refractivity contribution is -0.148. The zero-order valence-corrected chi connectivity index (χ0v) is 15.0. The molecule has 1 amide bonds. The van der Waals surface area contributed by atoms with E-state index in [1.807, 2.05) is 38.2 Å². The standard InChI is InChI=1S/C20H19N3O4/c1-13(2)18(22-19(24)17-7-5-9-26-17)20(25)27-12-14-11-23-8-4-3-6-16(23)15(14)10-21/h3-9,11,13,18H,12H2,1-2H3,(H,22,24)/t18-/m0/s1. The number of nitriles is 1. The zero-order chi connectivity index (χ0) is 19.4. The van der Waals surface area contributed by atoms with Gasteiger partial charge in [-0.25, -0.2) is 4.79 Å². The molecule has 1 N–H and O–H groups in total. The van der Waals surface area contributed by atoms with Gasteiger partial charge in [0.1, 0.15) is 18.7 Å². The van der Waals surface area contributed by atoms with Crippen molar-refractivity contribution in [1.82, 2.24) is 9.72 Å². The Balaban J connectivity index is 1.71. The number of ether oxygens (including phenoxy) is 1. The quantitative estimate of drug-likeness (QED) is 0.678.